The van der Waals surface area contributed by atoms with Crippen molar-refractivity contribution in [2.45, 2.75) is 38.3 Å². The second-order valence-electron chi connectivity index (χ2n) is 5.41. The van der Waals surface area contributed by atoms with Gasteiger partial charge in [-0.15, -0.1) is 0 Å². The molecule has 1 saturated carbocycles. The summed E-state index contributed by atoms with van der Waals surface area (Å²) in [7, 11) is 0. The molecule has 0 aliphatic heterocycles. The van der Waals surface area contributed by atoms with Gasteiger partial charge in [0.05, 0.1) is 0 Å². The van der Waals surface area contributed by atoms with Crippen molar-refractivity contribution in [3.8, 4) is 5.75 Å². The van der Waals surface area contributed by atoms with Crippen LogP contribution in [-0.4, -0.2) is 30.4 Å². The Balaban J connectivity index is 1.78. The maximum absolute atomic E-state index is 13.0. The van der Waals surface area contributed by atoms with Gasteiger partial charge >= 0.3 is 0 Å². The highest BCUT2D eigenvalue weighted by Crippen LogP contribution is 2.34. The van der Waals surface area contributed by atoms with Crippen LogP contribution in [0.2, 0.25) is 0 Å². The highest BCUT2D eigenvalue weighted by atomic mass is 19.2. The van der Waals surface area contributed by atoms with E-state index < -0.39 is 11.6 Å². The molecule has 0 saturated heterocycles. The summed E-state index contributed by atoms with van der Waals surface area (Å²) in [5.41, 5.74) is 0. The van der Waals surface area contributed by atoms with Crippen LogP contribution in [0.5, 0.6) is 5.75 Å². The Morgan fingerprint density at radius 3 is 2.70 bits per heavy atom. The first kappa shape index (κ1) is 15.2. The second kappa shape index (κ2) is 6.99. The minimum absolute atomic E-state index is 0.0836. The van der Waals surface area contributed by atoms with Crippen LogP contribution in [0.25, 0.3) is 0 Å². The topological polar surface area (TPSA) is 41.5 Å². The molecule has 2 rings (SSSR count). The normalized spacial score (nSPS) is 17.8. The van der Waals surface area contributed by atoms with Gasteiger partial charge in [0, 0.05) is 24.8 Å². The largest absolute Gasteiger partial charge is 0.492 e. The first-order valence-corrected chi connectivity index (χ1v) is 7.05. The van der Waals surface area contributed by atoms with Crippen LogP contribution >= 0.6 is 0 Å². The zero-order valence-corrected chi connectivity index (χ0v) is 11.6. The van der Waals surface area contributed by atoms with Crippen LogP contribution in [0.15, 0.2) is 18.2 Å². The molecule has 5 heteroatoms. The SMILES string of the molecule is CC(COc1ccc(F)c(F)c1)NC(CCO)C1CC1. The van der Waals surface area contributed by atoms with Crippen molar-refractivity contribution in [2.75, 3.05) is 13.2 Å². The van der Waals surface area contributed by atoms with Gasteiger partial charge in [0.2, 0.25) is 0 Å². The molecule has 2 unspecified atom stereocenters. The number of halogens is 2. The average molecular weight is 285 g/mol. The Hall–Kier alpha value is -1.20. The fourth-order valence-electron chi connectivity index (χ4n) is 2.29. The maximum atomic E-state index is 13.0. The van der Waals surface area contributed by atoms with Crippen molar-refractivity contribution in [1.29, 1.82) is 0 Å². The lowest BCUT2D eigenvalue weighted by Crippen LogP contribution is -2.41. The molecular formula is C15H21F2NO2. The number of rotatable bonds is 8. The number of hydrogen-bond acceptors (Lipinski definition) is 3. The van der Waals surface area contributed by atoms with Crippen LogP contribution in [-0.2, 0) is 0 Å². The summed E-state index contributed by atoms with van der Waals surface area (Å²) in [5.74, 6) is -0.810. The van der Waals surface area contributed by atoms with E-state index in [-0.39, 0.29) is 12.6 Å². The molecule has 1 aromatic rings. The molecule has 0 spiro atoms. The first-order chi connectivity index (χ1) is 9.60. The van der Waals surface area contributed by atoms with Crippen molar-refractivity contribution < 1.29 is 18.6 Å². The molecule has 0 bridgehead atoms. The monoisotopic (exact) mass is 285 g/mol. The van der Waals surface area contributed by atoms with Gasteiger partial charge < -0.3 is 15.2 Å². The Labute approximate surface area is 117 Å². The molecule has 0 amide bonds. The van der Waals surface area contributed by atoms with E-state index >= 15 is 0 Å². The number of hydrogen-bond donors (Lipinski definition) is 2. The zero-order chi connectivity index (χ0) is 14.5. The number of aliphatic hydroxyl groups is 1. The molecule has 1 aliphatic carbocycles. The van der Waals surface area contributed by atoms with Gasteiger partial charge in [-0.2, -0.15) is 0 Å². The molecule has 3 nitrogen and oxygen atoms in total. The van der Waals surface area contributed by atoms with E-state index in [4.69, 9.17) is 9.84 Å². The van der Waals surface area contributed by atoms with E-state index in [1.54, 1.807) is 0 Å². The summed E-state index contributed by atoms with van der Waals surface area (Å²) in [5, 5.41) is 12.5. The molecule has 0 radical (unpaired) electrons. The van der Waals surface area contributed by atoms with E-state index in [0.717, 1.165) is 18.6 Å². The average Bonchev–Trinajstić information content (AvgIpc) is 3.24. The molecule has 0 aromatic heterocycles. The Morgan fingerprint density at radius 2 is 2.10 bits per heavy atom. The molecule has 2 atom stereocenters. The number of nitrogens with one attached hydrogen (secondary N) is 1. The third-order valence-electron chi connectivity index (χ3n) is 3.52. The van der Waals surface area contributed by atoms with Gasteiger partial charge in [-0.3, -0.25) is 0 Å². The standard InChI is InChI=1S/C15H21F2NO2/c1-10(18-15(6-7-19)11-2-3-11)9-20-12-4-5-13(16)14(17)8-12/h4-5,8,10-11,15,18-19H,2-3,6-7,9H2,1H3. The van der Waals surface area contributed by atoms with Crippen molar-refractivity contribution in [2.24, 2.45) is 5.92 Å². The zero-order valence-electron chi connectivity index (χ0n) is 11.6. The Kier molecular flexibility index (Phi) is 5.31. The van der Waals surface area contributed by atoms with Crippen LogP contribution in [0.1, 0.15) is 26.2 Å². The lowest BCUT2D eigenvalue weighted by atomic mass is 10.1. The molecule has 1 fully saturated rings. The molecular weight excluding hydrogens is 264 g/mol. The first-order valence-electron chi connectivity index (χ1n) is 7.05. The molecule has 20 heavy (non-hydrogen) atoms. The summed E-state index contributed by atoms with van der Waals surface area (Å²) in [6.07, 6.45) is 3.14. The third kappa shape index (κ3) is 4.42. The van der Waals surface area contributed by atoms with Crippen molar-refractivity contribution >= 4 is 0 Å². The van der Waals surface area contributed by atoms with Crippen molar-refractivity contribution in [3.63, 3.8) is 0 Å². The molecule has 0 heterocycles. The predicted octanol–water partition coefficient (Wildman–Crippen LogP) is 2.48. The lowest BCUT2D eigenvalue weighted by molar-refractivity contribution is 0.222. The summed E-state index contributed by atoms with van der Waals surface area (Å²) < 4.78 is 31.3. The summed E-state index contributed by atoms with van der Waals surface area (Å²) >= 11 is 0. The maximum Gasteiger partial charge on any atom is 0.162 e. The summed E-state index contributed by atoms with van der Waals surface area (Å²) in [6.45, 7) is 2.53. The van der Waals surface area contributed by atoms with Gasteiger partial charge in [0.15, 0.2) is 11.6 Å². The van der Waals surface area contributed by atoms with Gasteiger partial charge in [-0.05, 0) is 44.2 Å². The molecule has 2 N–H and O–H groups in total. The van der Waals surface area contributed by atoms with Crippen molar-refractivity contribution in [1.82, 2.24) is 5.32 Å². The molecule has 1 aliphatic rings. The van der Waals surface area contributed by atoms with E-state index in [2.05, 4.69) is 5.32 Å². The van der Waals surface area contributed by atoms with Gasteiger partial charge in [-0.25, -0.2) is 8.78 Å². The minimum Gasteiger partial charge on any atom is -0.492 e. The third-order valence-corrected chi connectivity index (χ3v) is 3.52. The number of aliphatic hydroxyl groups excluding tert-OH is 1. The van der Waals surface area contributed by atoms with E-state index in [1.807, 2.05) is 6.92 Å². The van der Waals surface area contributed by atoms with Crippen LogP contribution in [0.3, 0.4) is 0 Å². The smallest absolute Gasteiger partial charge is 0.162 e. The summed E-state index contributed by atoms with van der Waals surface area (Å²) in [4.78, 5) is 0. The van der Waals surface area contributed by atoms with E-state index in [1.165, 1.54) is 18.9 Å². The molecule has 112 valence electrons. The van der Waals surface area contributed by atoms with Gasteiger partial charge in [0.1, 0.15) is 12.4 Å². The van der Waals surface area contributed by atoms with Crippen LogP contribution in [0, 0.1) is 17.6 Å². The fourth-order valence-corrected chi connectivity index (χ4v) is 2.29. The highest BCUT2D eigenvalue weighted by molar-refractivity contribution is 5.23. The van der Waals surface area contributed by atoms with Crippen LogP contribution < -0.4 is 10.1 Å². The van der Waals surface area contributed by atoms with Gasteiger partial charge in [0.25, 0.3) is 0 Å². The fraction of sp³-hybridized carbons (Fsp3) is 0.600. The predicted molar refractivity (Wildman–Crippen MR) is 72.7 cm³/mol. The Morgan fingerprint density at radius 1 is 1.35 bits per heavy atom. The van der Waals surface area contributed by atoms with E-state index in [9.17, 15) is 8.78 Å². The van der Waals surface area contributed by atoms with E-state index in [0.29, 0.717) is 24.3 Å². The number of benzene rings is 1. The summed E-state index contributed by atoms with van der Waals surface area (Å²) in [6, 6.07) is 3.91. The quantitative estimate of drug-likeness (QED) is 0.771. The lowest BCUT2D eigenvalue weighted by Gasteiger charge is -2.23. The highest BCUT2D eigenvalue weighted by Gasteiger charge is 2.31. The Bertz CT molecular complexity index is 438. The number of ether oxygens (including phenoxy) is 1. The van der Waals surface area contributed by atoms with Crippen molar-refractivity contribution in [3.05, 3.63) is 29.8 Å². The molecule has 1 aromatic carbocycles. The second-order valence-corrected chi connectivity index (χ2v) is 5.41. The van der Waals surface area contributed by atoms with Gasteiger partial charge in [-0.1, -0.05) is 0 Å². The minimum atomic E-state index is -0.903. The van der Waals surface area contributed by atoms with Crippen LogP contribution in [0.4, 0.5) is 8.78 Å².